The molecular formula is C19H19ClN4O. The Bertz CT molecular complexity index is 905. The van der Waals surface area contributed by atoms with E-state index in [0.29, 0.717) is 17.9 Å². The summed E-state index contributed by atoms with van der Waals surface area (Å²) >= 11 is 6.24. The van der Waals surface area contributed by atoms with Crippen molar-refractivity contribution in [2.24, 2.45) is 0 Å². The number of para-hydroxylation sites is 1. The maximum absolute atomic E-state index is 12.4. The first-order chi connectivity index (χ1) is 12.1. The molecular weight excluding hydrogens is 336 g/mol. The molecule has 128 valence electrons. The van der Waals surface area contributed by atoms with Crippen LogP contribution in [-0.2, 0) is 6.54 Å². The fraction of sp³-hybridized carbons (Fsp3) is 0.158. The van der Waals surface area contributed by atoms with Crippen LogP contribution in [0.3, 0.4) is 0 Å². The normalized spacial score (nSPS) is 10.5. The van der Waals surface area contributed by atoms with Gasteiger partial charge in [-0.15, -0.1) is 0 Å². The van der Waals surface area contributed by atoms with Crippen LogP contribution in [0.25, 0.3) is 5.69 Å². The van der Waals surface area contributed by atoms with Gasteiger partial charge in [0.05, 0.1) is 17.6 Å². The molecule has 0 saturated carbocycles. The van der Waals surface area contributed by atoms with Crippen LogP contribution in [0, 0.1) is 0 Å². The molecule has 0 spiro atoms. The minimum absolute atomic E-state index is 0.128. The Labute approximate surface area is 151 Å². The second-order valence-electron chi connectivity index (χ2n) is 5.84. The van der Waals surface area contributed by atoms with Crippen LogP contribution in [0.5, 0.6) is 0 Å². The molecule has 0 fully saturated rings. The van der Waals surface area contributed by atoms with Gasteiger partial charge in [0.25, 0.3) is 5.56 Å². The van der Waals surface area contributed by atoms with E-state index in [2.05, 4.69) is 10.4 Å². The molecule has 0 atom stereocenters. The Morgan fingerprint density at radius 3 is 2.40 bits per heavy atom. The molecule has 6 heteroatoms. The van der Waals surface area contributed by atoms with Crippen LogP contribution in [0.1, 0.15) is 5.56 Å². The van der Waals surface area contributed by atoms with E-state index in [1.165, 1.54) is 4.68 Å². The molecule has 1 N–H and O–H groups in total. The lowest BCUT2D eigenvalue weighted by Crippen LogP contribution is -2.22. The maximum atomic E-state index is 12.4. The van der Waals surface area contributed by atoms with E-state index >= 15 is 0 Å². The summed E-state index contributed by atoms with van der Waals surface area (Å²) in [5, 5.41) is 7.51. The van der Waals surface area contributed by atoms with Crippen molar-refractivity contribution < 1.29 is 0 Å². The predicted molar refractivity (Wildman–Crippen MR) is 103 cm³/mol. The summed E-state index contributed by atoms with van der Waals surface area (Å²) in [6, 6.07) is 17.4. The van der Waals surface area contributed by atoms with E-state index in [-0.39, 0.29) is 10.6 Å². The molecule has 5 nitrogen and oxygen atoms in total. The van der Waals surface area contributed by atoms with Gasteiger partial charge in [-0.1, -0.05) is 41.9 Å². The smallest absolute Gasteiger partial charge is 0.292 e. The fourth-order valence-corrected chi connectivity index (χ4v) is 2.61. The Hall–Kier alpha value is -2.79. The first-order valence-electron chi connectivity index (χ1n) is 7.89. The lowest BCUT2D eigenvalue weighted by Gasteiger charge is -2.13. The number of hydrogen-bond acceptors (Lipinski definition) is 4. The van der Waals surface area contributed by atoms with Crippen LogP contribution in [0.4, 0.5) is 11.4 Å². The summed E-state index contributed by atoms with van der Waals surface area (Å²) in [6.07, 6.45) is 1.57. The van der Waals surface area contributed by atoms with Crippen molar-refractivity contribution in [3.63, 3.8) is 0 Å². The summed E-state index contributed by atoms with van der Waals surface area (Å²) in [5.41, 5.74) is 3.08. The summed E-state index contributed by atoms with van der Waals surface area (Å²) in [7, 11) is 4.00. The van der Waals surface area contributed by atoms with Crippen LogP contribution in [-0.4, -0.2) is 23.9 Å². The van der Waals surface area contributed by atoms with Gasteiger partial charge < -0.3 is 10.2 Å². The molecule has 1 heterocycles. The molecule has 0 aliphatic heterocycles. The molecule has 0 aliphatic rings. The summed E-state index contributed by atoms with van der Waals surface area (Å²) < 4.78 is 1.29. The third kappa shape index (κ3) is 3.83. The van der Waals surface area contributed by atoms with Crippen molar-refractivity contribution in [1.82, 2.24) is 9.78 Å². The van der Waals surface area contributed by atoms with Gasteiger partial charge in [-0.2, -0.15) is 9.78 Å². The zero-order valence-electron chi connectivity index (χ0n) is 14.1. The number of rotatable bonds is 5. The molecule has 2 aromatic carbocycles. The maximum Gasteiger partial charge on any atom is 0.292 e. The zero-order chi connectivity index (χ0) is 17.8. The van der Waals surface area contributed by atoms with Gasteiger partial charge in [-0.3, -0.25) is 4.79 Å². The number of aromatic nitrogens is 2. The summed E-state index contributed by atoms with van der Waals surface area (Å²) in [4.78, 5) is 14.5. The van der Waals surface area contributed by atoms with E-state index in [1.54, 1.807) is 6.20 Å². The van der Waals surface area contributed by atoms with Gasteiger partial charge in [-0.05, 0) is 29.8 Å². The monoisotopic (exact) mass is 354 g/mol. The van der Waals surface area contributed by atoms with E-state index in [9.17, 15) is 4.79 Å². The zero-order valence-corrected chi connectivity index (χ0v) is 14.9. The van der Waals surface area contributed by atoms with Gasteiger partial charge in [0, 0.05) is 26.3 Å². The summed E-state index contributed by atoms with van der Waals surface area (Å²) in [6.45, 7) is 0.559. The highest BCUT2D eigenvalue weighted by atomic mass is 35.5. The van der Waals surface area contributed by atoms with Crippen molar-refractivity contribution in [3.05, 3.63) is 81.7 Å². The first-order valence-corrected chi connectivity index (χ1v) is 8.27. The molecule has 0 saturated heterocycles. The number of halogens is 1. The van der Waals surface area contributed by atoms with Crippen LogP contribution >= 0.6 is 11.6 Å². The Morgan fingerprint density at radius 2 is 1.76 bits per heavy atom. The van der Waals surface area contributed by atoms with Gasteiger partial charge in [0.15, 0.2) is 0 Å². The fourth-order valence-electron chi connectivity index (χ4n) is 2.42. The number of anilines is 2. The number of hydrogen-bond donors (Lipinski definition) is 1. The molecule has 0 unspecified atom stereocenters. The van der Waals surface area contributed by atoms with Crippen LogP contribution in [0.2, 0.25) is 5.02 Å². The van der Waals surface area contributed by atoms with Gasteiger partial charge in [0.2, 0.25) is 0 Å². The second kappa shape index (κ2) is 7.40. The van der Waals surface area contributed by atoms with E-state index < -0.39 is 0 Å². The van der Waals surface area contributed by atoms with Gasteiger partial charge >= 0.3 is 0 Å². The third-order valence-electron chi connectivity index (χ3n) is 3.86. The van der Waals surface area contributed by atoms with E-state index in [1.807, 2.05) is 73.6 Å². The predicted octanol–water partition coefficient (Wildman–Crippen LogP) is 3.56. The second-order valence-corrected chi connectivity index (χ2v) is 6.22. The Balaban J connectivity index is 1.77. The molecule has 0 amide bonds. The number of benzene rings is 2. The highest BCUT2D eigenvalue weighted by Crippen LogP contribution is 2.18. The number of nitrogens with zero attached hydrogens (tertiary/aromatic N) is 3. The minimum atomic E-state index is -0.346. The van der Waals surface area contributed by atoms with Crippen molar-refractivity contribution in [3.8, 4) is 5.69 Å². The SMILES string of the molecule is CN(C)c1ccc(CNc2cnn(-c3ccccc3)c(=O)c2Cl)cc1. The average Bonchev–Trinajstić information content (AvgIpc) is 2.64. The average molecular weight is 355 g/mol. The highest BCUT2D eigenvalue weighted by molar-refractivity contribution is 6.32. The topological polar surface area (TPSA) is 50.2 Å². The molecule has 0 radical (unpaired) electrons. The molecule has 3 rings (SSSR count). The summed E-state index contributed by atoms with van der Waals surface area (Å²) in [5.74, 6) is 0. The first kappa shape index (κ1) is 17.0. The van der Waals surface area contributed by atoms with E-state index in [4.69, 9.17) is 11.6 Å². The molecule has 25 heavy (non-hydrogen) atoms. The van der Waals surface area contributed by atoms with Crippen molar-refractivity contribution in [2.45, 2.75) is 6.54 Å². The van der Waals surface area contributed by atoms with Crippen molar-refractivity contribution >= 4 is 23.0 Å². The molecule has 0 aliphatic carbocycles. The van der Waals surface area contributed by atoms with Crippen molar-refractivity contribution in [1.29, 1.82) is 0 Å². The van der Waals surface area contributed by atoms with Gasteiger partial charge in [-0.25, -0.2) is 0 Å². The lowest BCUT2D eigenvalue weighted by molar-refractivity contribution is 0.807. The Kier molecular flexibility index (Phi) is 5.05. The van der Waals surface area contributed by atoms with Crippen LogP contribution < -0.4 is 15.8 Å². The van der Waals surface area contributed by atoms with Crippen molar-refractivity contribution in [2.75, 3.05) is 24.3 Å². The molecule has 3 aromatic rings. The quantitative estimate of drug-likeness (QED) is 0.761. The largest absolute Gasteiger partial charge is 0.378 e. The van der Waals surface area contributed by atoms with Gasteiger partial charge in [0.1, 0.15) is 5.02 Å². The minimum Gasteiger partial charge on any atom is -0.378 e. The van der Waals surface area contributed by atoms with Crippen LogP contribution in [0.15, 0.2) is 65.6 Å². The standard InChI is InChI=1S/C19H19ClN4O/c1-23(2)15-10-8-14(9-11-15)12-21-17-13-22-24(19(25)18(17)20)16-6-4-3-5-7-16/h3-11,13,21H,12H2,1-2H3. The Morgan fingerprint density at radius 1 is 1.08 bits per heavy atom. The third-order valence-corrected chi connectivity index (χ3v) is 4.22. The number of nitrogens with one attached hydrogen (secondary N) is 1. The molecule has 0 bridgehead atoms. The van der Waals surface area contributed by atoms with E-state index in [0.717, 1.165) is 11.3 Å². The molecule has 1 aromatic heterocycles. The lowest BCUT2D eigenvalue weighted by atomic mass is 10.2. The highest BCUT2D eigenvalue weighted by Gasteiger charge is 2.10.